The summed E-state index contributed by atoms with van der Waals surface area (Å²) < 4.78 is 6.09. The quantitative estimate of drug-likeness (QED) is 0.784. The van der Waals surface area contributed by atoms with E-state index in [1.54, 1.807) is 0 Å². The normalized spacial score (nSPS) is 14.6. The third-order valence-electron chi connectivity index (χ3n) is 4.30. The number of aliphatic hydroxyl groups is 1. The SMILES string of the molecule is CCC(C)(C)[Si](C)(C)OCC(O)c1ccccc1. The van der Waals surface area contributed by atoms with Crippen LogP contribution in [0.1, 0.15) is 38.9 Å². The Morgan fingerprint density at radius 2 is 1.78 bits per heavy atom. The van der Waals surface area contributed by atoms with Crippen LogP contribution in [-0.2, 0) is 4.43 Å². The molecule has 0 aromatic heterocycles. The van der Waals surface area contributed by atoms with E-state index in [-0.39, 0.29) is 5.04 Å². The van der Waals surface area contributed by atoms with E-state index in [9.17, 15) is 5.11 Å². The molecule has 18 heavy (non-hydrogen) atoms. The van der Waals surface area contributed by atoms with Crippen molar-refractivity contribution in [1.82, 2.24) is 0 Å². The van der Waals surface area contributed by atoms with Gasteiger partial charge in [-0.1, -0.05) is 57.5 Å². The fourth-order valence-electron chi connectivity index (χ4n) is 1.68. The highest BCUT2D eigenvalue weighted by molar-refractivity contribution is 6.74. The van der Waals surface area contributed by atoms with Crippen LogP contribution in [0, 0.1) is 0 Å². The van der Waals surface area contributed by atoms with Crippen molar-refractivity contribution in [3.8, 4) is 0 Å². The van der Waals surface area contributed by atoms with Gasteiger partial charge in [0.05, 0.1) is 6.61 Å². The molecule has 0 saturated heterocycles. The minimum atomic E-state index is -1.79. The number of hydrogen-bond donors (Lipinski definition) is 1. The van der Waals surface area contributed by atoms with Gasteiger partial charge in [0.2, 0.25) is 0 Å². The van der Waals surface area contributed by atoms with E-state index in [4.69, 9.17) is 4.43 Å². The van der Waals surface area contributed by atoms with Crippen molar-refractivity contribution in [2.45, 2.75) is 51.4 Å². The summed E-state index contributed by atoms with van der Waals surface area (Å²) in [7, 11) is -1.79. The minimum Gasteiger partial charge on any atom is -0.414 e. The van der Waals surface area contributed by atoms with Gasteiger partial charge >= 0.3 is 0 Å². The maximum Gasteiger partial charge on any atom is 0.192 e. The molecule has 1 unspecified atom stereocenters. The Balaban J connectivity index is 2.60. The molecule has 1 aromatic carbocycles. The van der Waals surface area contributed by atoms with Crippen molar-refractivity contribution < 1.29 is 9.53 Å². The molecule has 1 N–H and O–H groups in total. The van der Waals surface area contributed by atoms with E-state index >= 15 is 0 Å². The van der Waals surface area contributed by atoms with Gasteiger partial charge < -0.3 is 9.53 Å². The van der Waals surface area contributed by atoms with E-state index < -0.39 is 14.4 Å². The maximum atomic E-state index is 10.1. The van der Waals surface area contributed by atoms with Crippen LogP contribution in [0.15, 0.2) is 30.3 Å². The predicted octanol–water partition coefficient (Wildman–Crippen LogP) is 4.13. The van der Waals surface area contributed by atoms with Crippen LogP contribution in [0.25, 0.3) is 0 Å². The van der Waals surface area contributed by atoms with Gasteiger partial charge in [0.15, 0.2) is 8.32 Å². The van der Waals surface area contributed by atoms with E-state index in [2.05, 4.69) is 33.9 Å². The number of hydrogen-bond acceptors (Lipinski definition) is 2. The highest BCUT2D eigenvalue weighted by atomic mass is 28.4. The molecular formula is C15H26O2Si. The van der Waals surface area contributed by atoms with Gasteiger partial charge in [-0.05, 0) is 23.7 Å². The number of aliphatic hydroxyl groups excluding tert-OH is 1. The summed E-state index contributed by atoms with van der Waals surface area (Å²) >= 11 is 0. The summed E-state index contributed by atoms with van der Waals surface area (Å²) in [6.07, 6.45) is 0.582. The smallest absolute Gasteiger partial charge is 0.192 e. The van der Waals surface area contributed by atoms with Crippen LogP contribution in [0.3, 0.4) is 0 Å². The first-order chi connectivity index (χ1) is 8.30. The fraction of sp³-hybridized carbons (Fsp3) is 0.600. The summed E-state index contributed by atoms with van der Waals surface area (Å²) in [4.78, 5) is 0. The molecule has 0 aliphatic rings. The summed E-state index contributed by atoms with van der Waals surface area (Å²) in [6.45, 7) is 11.6. The molecule has 102 valence electrons. The monoisotopic (exact) mass is 266 g/mol. The summed E-state index contributed by atoms with van der Waals surface area (Å²) in [5, 5.41) is 10.3. The molecule has 0 saturated carbocycles. The lowest BCUT2D eigenvalue weighted by Gasteiger charge is -2.39. The van der Waals surface area contributed by atoms with Gasteiger partial charge in [0, 0.05) is 0 Å². The van der Waals surface area contributed by atoms with Gasteiger partial charge in [-0.15, -0.1) is 0 Å². The molecule has 0 aliphatic heterocycles. The molecule has 0 amide bonds. The average molecular weight is 266 g/mol. The molecule has 0 bridgehead atoms. The predicted molar refractivity (Wildman–Crippen MR) is 79.2 cm³/mol. The van der Waals surface area contributed by atoms with E-state index in [0.29, 0.717) is 6.61 Å². The maximum absolute atomic E-state index is 10.1. The highest BCUT2D eigenvalue weighted by Gasteiger charge is 2.39. The summed E-state index contributed by atoms with van der Waals surface area (Å²) in [6, 6.07) is 9.71. The first kappa shape index (κ1) is 15.4. The standard InChI is InChI=1S/C15H26O2Si/c1-6-15(2,3)18(4,5)17-12-14(16)13-10-8-7-9-11-13/h7-11,14,16H,6,12H2,1-5H3. The molecule has 1 atom stereocenters. The first-order valence-electron chi connectivity index (χ1n) is 6.67. The molecule has 1 rings (SSSR count). The van der Waals surface area contributed by atoms with Crippen LogP contribution < -0.4 is 0 Å². The Hall–Kier alpha value is -0.643. The zero-order chi connectivity index (χ0) is 13.8. The topological polar surface area (TPSA) is 29.5 Å². The van der Waals surface area contributed by atoms with Crippen LogP contribution in [0.2, 0.25) is 18.1 Å². The second-order valence-corrected chi connectivity index (χ2v) is 10.6. The molecule has 0 heterocycles. The zero-order valence-corrected chi connectivity index (χ0v) is 13.2. The van der Waals surface area contributed by atoms with Gasteiger partial charge in [-0.25, -0.2) is 0 Å². The number of rotatable bonds is 6. The fourth-order valence-corrected chi connectivity index (χ4v) is 3.50. The van der Waals surface area contributed by atoms with Crippen LogP contribution in [0.5, 0.6) is 0 Å². The number of benzene rings is 1. The summed E-state index contributed by atoms with van der Waals surface area (Å²) in [5.41, 5.74) is 0.927. The second kappa shape index (κ2) is 6.00. The van der Waals surface area contributed by atoms with Gasteiger partial charge in [-0.2, -0.15) is 0 Å². The summed E-state index contributed by atoms with van der Waals surface area (Å²) in [5.74, 6) is 0. The van der Waals surface area contributed by atoms with E-state index in [1.807, 2.05) is 30.3 Å². The van der Waals surface area contributed by atoms with Gasteiger partial charge in [-0.3, -0.25) is 0 Å². The molecule has 0 radical (unpaired) electrons. The largest absolute Gasteiger partial charge is 0.414 e. The third-order valence-corrected chi connectivity index (χ3v) is 8.80. The molecule has 0 fully saturated rings. The minimum absolute atomic E-state index is 0.226. The molecule has 0 spiro atoms. The zero-order valence-electron chi connectivity index (χ0n) is 12.2. The average Bonchev–Trinajstić information content (AvgIpc) is 2.36. The highest BCUT2D eigenvalue weighted by Crippen LogP contribution is 2.41. The molecule has 2 nitrogen and oxygen atoms in total. The van der Waals surface area contributed by atoms with Crippen molar-refractivity contribution in [3.05, 3.63) is 35.9 Å². The Morgan fingerprint density at radius 3 is 2.28 bits per heavy atom. The Bertz CT molecular complexity index is 360. The van der Waals surface area contributed by atoms with Crippen LogP contribution >= 0.6 is 0 Å². The second-order valence-electron chi connectivity index (χ2n) is 5.99. The van der Waals surface area contributed by atoms with Gasteiger partial charge in [0.1, 0.15) is 6.10 Å². The van der Waals surface area contributed by atoms with E-state index in [1.165, 1.54) is 0 Å². The van der Waals surface area contributed by atoms with Crippen molar-refractivity contribution in [2.75, 3.05) is 6.61 Å². The Morgan fingerprint density at radius 1 is 1.22 bits per heavy atom. The molecular weight excluding hydrogens is 240 g/mol. The van der Waals surface area contributed by atoms with Crippen molar-refractivity contribution >= 4 is 8.32 Å². The Kier molecular flexibility index (Phi) is 5.14. The lowest BCUT2D eigenvalue weighted by atomic mass is 10.1. The lowest BCUT2D eigenvalue weighted by Crippen LogP contribution is -2.43. The Labute approximate surface area is 112 Å². The third kappa shape index (κ3) is 3.67. The van der Waals surface area contributed by atoms with Crippen molar-refractivity contribution in [3.63, 3.8) is 0 Å². The van der Waals surface area contributed by atoms with Crippen LogP contribution in [0.4, 0.5) is 0 Å². The first-order valence-corrected chi connectivity index (χ1v) is 9.58. The van der Waals surface area contributed by atoms with Crippen LogP contribution in [-0.4, -0.2) is 20.0 Å². The van der Waals surface area contributed by atoms with Gasteiger partial charge in [0.25, 0.3) is 0 Å². The van der Waals surface area contributed by atoms with E-state index in [0.717, 1.165) is 12.0 Å². The lowest BCUT2D eigenvalue weighted by molar-refractivity contribution is 0.0996. The molecule has 1 aromatic rings. The molecule has 0 aliphatic carbocycles. The molecule has 3 heteroatoms. The van der Waals surface area contributed by atoms with Crippen molar-refractivity contribution in [1.29, 1.82) is 0 Å². The van der Waals surface area contributed by atoms with Crippen molar-refractivity contribution in [2.24, 2.45) is 0 Å².